The molecule has 1 aliphatic rings. The van der Waals surface area contributed by atoms with Gasteiger partial charge in [-0.2, -0.15) is 0 Å². The summed E-state index contributed by atoms with van der Waals surface area (Å²) in [6, 6.07) is 3.36. The van der Waals surface area contributed by atoms with E-state index in [0.717, 1.165) is 10.9 Å². The van der Waals surface area contributed by atoms with Crippen LogP contribution in [0.1, 0.15) is 19.3 Å². The van der Waals surface area contributed by atoms with Crippen LogP contribution < -0.4 is 5.32 Å². The maximum absolute atomic E-state index is 11.9. The number of hydrogen-bond acceptors (Lipinski definition) is 4. The molecule has 0 saturated carbocycles. The van der Waals surface area contributed by atoms with E-state index in [0.29, 0.717) is 18.7 Å². The van der Waals surface area contributed by atoms with E-state index in [1.165, 1.54) is 6.20 Å². The summed E-state index contributed by atoms with van der Waals surface area (Å²) in [4.78, 5) is 15.9. The van der Waals surface area contributed by atoms with Crippen LogP contribution in [-0.4, -0.2) is 30.3 Å². The molecule has 1 saturated heterocycles. The Morgan fingerprint density at radius 2 is 2.22 bits per heavy atom. The van der Waals surface area contributed by atoms with Gasteiger partial charge in [-0.1, -0.05) is 22.4 Å². The van der Waals surface area contributed by atoms with Crippen LogP contribution in [-0.2, 0) is 14.6 Å². The summed E-state index contributed by atoms with van der Waals surface area (Å²) in [5, 5.41) is 1.61. The molecule has 2 heterocycles. The first-order chi connectivity index (χ1) is 8.49. The predicted molar refractivity (Wildman–Crippen MR) is 72.0 cm³/mol. The van der Waals surface area contributed by atoms with E-state index >= 15 is 0 Å². The van der Waals surface area contributed by atoms with Gasteiger partial charge in [0.1, 0.15) is 11.1 Å². The van der Waals surface area contributed by atoms with E-state index < -0.39 is 21.0 Å². The number of nitrogens with one attached hydrogen (secondary N) is 1. The second-order valence-electron chi connectivity index (χ2n) is 4.20. The first-order valence-corrected chi connectivity index (χ1v) is 8.14. The maximum atomic E-state index is 11.9. The molecular formula is C11H13BrN2O3S. The average molecular weight is 333 g/mol. The van der Waals surface area contributed by atoms with Crippen molar-refractivity contribution in [2.75, 3.05) is 11.1 Å². The summed E-state index contributed by atoms with van der Waals surface area (Å²) in [6.45, 7) is 0. The number of anilines is 1. The molecule has 1 aliphatic heterocycles. The number of carbonyl (C=O) groups is 1. The lowest BCUT2D eigenvalue weighted by atomic mass is 10.2. The van der Waals surface area contributed by atoms with Gasteiger partial charge in [0.2, 0.25) is 5.91 Å². The van der Waals surface area contributed by atoms with Crippen molar-refractivity contribution >= 4 is 37.5 Å². The smallest absolute Gasteiger partial charge is 0.243 e. The van der Waals surface area contributed by atoms with Crippen LogP contribution in [0.4, 0.5) is 5.82 Å². The van der Waals surface area contributed by atoms with E-state index in [2.05, 4.69) is 26.2 Å². The van der Waals surface area contributed by atoms with Crippen LogP contribution in [0.3, 0.4) is 0 Å². The number of hydrogen-bond donors (Lipinski definition) is 1. The molecule has 0 radical (unpaired) electrons. The Morgan fingerprint density at radius 3 is 2.89 bits per heavy atom. The van der Waals surface area contributed by atoms with Crippen molar-refractivity contribution in [2.45, 2.75) is 24.5 Å². The second-order valence-corrected chi connectivity index (χ2v) is 7.42. The number of nitrogens with zero attached hydrogens (tertiary/aromatic N) is 1. The summed E-state index contributed by atoms with van der Waals surface area (Å²) >= 11 is 3.26. The van der Waals surface area contributed by atoms with Gasteiger partial charge in [-0.25, -0.2) is 13.4 Å². The van der Waals surface area contributed by atoms with Crippen molar-refractivity contribution in [3.63, 3.8) is 0 Å². The van der Waals surface area contributed by atoms with Gasteiger partial charge in [0, 0.05) is 10.7 Å². The highest BCUT2D eigenvalue weighted by Crippen LogP contribution is 2.21. The van der Waals surface area contributed by atoms with E-state index in [1.54, 1.807) is 12.1 Å². The van der Waals surface area contributed by atoms with Crippen LogP contribution >= 0.6 is 15.9 Å². The lowest BCUT2D eigenvalue weighted by Crippen LogP contribution is -2.39. The van der Waals surface area contributed by atoms with Crippen LogP contribution in [0.25, 0.3) is 0 Å². The molecule has 0 aromatic carbocycles. The van der Waals surface area contributed by atoms with Crippen LogP contribution in [0.15, 0.2) is 22.8 Å². The maximum Gasteiger partial charge on any atom is 0.243 e. The topological polar surface area (TPSA) is 76.1 Å². The molecule has 1 aromatic heterocycles. The van der Waals surface area contributed by atoms with E-state index in [-0.39, 0.29) is 5.75 Å². The molecule has 5 nitrogen and oxygen atoms in total. The molecule has 0 bridgehead atoms. The summed E-state index contributed by atoms with van der Waals surface area (Å²) in [5.74, 6) is -0.0350. The number of sulfone groups is 1. The molecule has 1 amide bonds. The minimum atomic E-state index is -3.30. The standard InChI is InChI=1S/C11H13BrN2O3S/c12-8-4-5-13-10(7-8)14-11(15)9-3-1-2-6-18(9,16)17/h4-5,7,9H,1-3,6H2,(H,13,14,15). The average Bonchev–Trinajstić information content (AvgIpc) is 2.28. The number of pyridine rings is 1. The largest absolute Gasteiger partial charge is 0.310 e. The number of amides is 1. The Kier molecular flexibility index (Phi) is 4.01. The van der Waals surface area contributed by atoms with Crippen molar-refractivity contribution in [1.29, 1.82) is 0 Å². The molecule has 0 aliphatic carbocycles. The zero-order valence-corrected chi connectivity index (χ0v) is 12.0. The SMILES string of the molecule is O=C(Nc1cc(Br)ccn1)C1CCCCS1(=O)=O. The van der Waals surface area contributed by atoms with Gasteiger partial charge in [-0.05, 0) is 25.0 Å². The van der Waals surface area contributed by atoms with E-state index in [4.69, 9.17) is 0 Å². The minimum Gasteiger partial charge on any atom is -0.310 e. The van der Waals surface area contributed by atoms with Crippen LogP contribution in [0.5, 0.6) is 0 Å². The molecule has 7 heteroatoms. The van der Waals surface area contributed by atoms with Crippen LogP contribution in [0.2, 0.25) is 0 Å². The Bertz CT molecular complexity index is 559. The molecule has 98 valence electrons. The Balaban J connectivity index is 2.12. The van der Waals surface area contributed by atoms with Gasteiger partial charge in [-0.15, -0.1) is 0 Å². The Labute approximate surface area is 114 Å². The molecule has 1 aromatic rings. The normalized spacial score (nSPS) is 22.4. The quantitative estimate of drug-likeness (QED) is 0.895. The number of aromatic nitrogens is 1. The highest BCUT2D eigenvalue weighted by molar-refractivity contribution is 9.10. The number of carbonyl (C=O) groups excluding carboxylic acids is 1. The van der Waals surface area contributed by atoms with Crippen molar-refractivity contribution in [2.24, 2.45) is 0 Å². The van der Waals surface area contributed by atoms with Crippen LogP contribution in [0, 0.1) is 0 Å². The number of halogens is 1. The zero-order valence-electron chi connectivity index (χ0n) is 9.60. The summed E-state index contributed by atoms with van der Waals surface area (Å²) in [5.41, 5.74) is 0. The summed E-state index contributed by atoms with van der Waals surface area (Å²) in [7, 11) is -3.30. The molecule has 18 heavy (non-hydrogen) atoms. The van der Waals surface area contributed by atoms with Crippen molar-refractivity contribution in [3.05, 3.63) is 22.8 Å². The zero-order chi connectivity index (χ0) is 13.2. The third-order valence-electron chi connectivity index (χ3n) is 2.84. The van der Waals surface area contributed by atoms with Crippen molar-refractivity contribution in [3.8, 4) is 0 Å². The Hall–Kier alpha value is -0.950. The molecule has 1 unspecified atom stereocenters. The van der Waals surface area contributed by atoms with E-state index in [9.17, 15) is 13.2 Å². The summed E-state index contributed by atoms with van der Waals surface area (Å²) in [6.07, 6.45) is 3.34. The lowest BCUT2D eigenvalue weighted by molar-refractivity contribution is -0.116. The molecule has 1 fully saturated rings. The minimum absolute atomic E-state index is 0.0942. The highest BCUT2D eigenvalue weighted by Gasteiger charge is 2.34. The van der Waals surface area contributed by atoms with Gasteiger partial charge >= 0.3 is 0 Å². The number of rotatable bonds is 2. The third kappa shape index (κ3) is 3.08. The fraction of sp³-hybridized carbons (Fsp3) is 0.455. The monoisotopic (exact) mass is 332 g/mol. The van der Waals surface area contributed by atoms with Gasteiger partial charge in [0.05, 0.1) is 5.75 Å². The van der Waals surface area contributed by atoms with Gasteiger partial charge < -0.3 is 5.32 Å². The van der Waals surface area contributed by atoms with Gasteiger partial charge in [0.15, 0.2) is 9.84 Å². The third-order valence-corrected chi connectivity index (χ3v) is 5.51. The van der Waals surface area contributed by atoms with Crippen molar-refractivity contribution in [1.82, 2.24) is 4.98 Å². The van der Waals surface area contributed by atoms with Gasteiger partial charge in [0.25, 0.3) is 0 Å². The molecule has 1 N–H and O–H groups in total. The molecular weight excluding hydrogens is 320 g/mol. The molecule has 0 spiro atoms. The molecule has 1 atom stereocenters. The fourth-order valence-electron chi connectivity index (χ4n) is 1.93. The lowest BCUT2D eigenvalue weighted by Gasteiger charge is -2.21. The Morgan fingerprint density at radius 1 is 1.44 bits per heavy atom. The second kappa shape index (κ2) is 5.36. The van der Waals surface area contributed by atoms with Crippen molar-refractivity contribution < 1.29 is 13.2 Å². The highest BCUT2D eigenvalue weighted by atomic mass is 79.9. The van der Waals surface area contributed by atoms with E-state index in [1.807, 2.05) is 0 Å². The first-order valence-electron chi connectivity index (χ1n) is 5.63. The fourth-order valence-corrected chi connectivity index (χ4v) is 4.07. The first kappa shape index (κ1) is 13.5. The molecule has 2 rings (SSSR count). The summed E-state index contributed by atoms with van der Waals surface area (Å²) < 4.78 is 24.4. The van der Waals surface area contributed by atoms with Gasteiger partial charge in [-0.3, -0.25) is 4.79 Å². The predicted octanol–water partition coefficient (Wildman–Crippen LogP) is 1.75.